The summed E-state index contributed by atoms with van der Waals surface area (Å²) in [6, 6.07) is 0. The Labute approximate surface area is 139 Å². The van der Waals surface area contributed by atoms with Crippen LogP contribution in [0.5, 0.6) is 0 Å². The Morgan fingerprint density at radius 2 is 1.39 bits per heavy atom. The van der Waals surface area contributed by atoms with E-state index in [1.165, 1.54) is 6.26 Å². The summed E-state index contributed by atoms with van der Waals surface area (Å²) in [5.41, 5.74) is 0.550. The van der Waals surface area contributed by atoms with Gasteiger partial charge in [0.2, 0.25) is 0 Å². The maximum atomic E-state index is 12.7. The number of hydrogen-bond donors (Lipinski definition) is 0. The average Bonchev–Trinajstić information content (AvgIpc) is 2.34. The van der Waals surface area contributed by atoms with Gasteiger partial charge in [0.1, 0.15) is 0 Å². The molecule has 0 bridgehead atoms. The average molecular weight is 372 g/mol. The summed E-state index contributed by atoms with van der Waals surface area (Å²) in [5, 5.41) is 0. The second-order valence-corrected chi connectivity index (χ2v) is 9.01. The summed E-state index contributed by atoms with van der Waals surface area (Å²) >= 11 is 0. The smallest absolute Gasteiger partial charge is 0.412 e. The molecular formula is C14H30O7P2. The number of hydrogen-bond acceptors (Lipinski definition) is 7. The Balaban J connectivity index is 4.99. The molecule has 0 radical (unpaired) electrons. The van der Waals surface area contributed by atoms with Gasteiger partial charge in [0.25, 0.3) is 0 Å². The molecule has 0 aliphatic carbocycles. The number of rotatable bonds is 12. The molecule has 0 saturated carbocycles. The molecule has 0 aliphatic heterocycles. The molecule has 0 rings (SSSR count). The Hall–Kier alpha value is -0.160. The van der Waals surface area contributed by atoms with Crippen molar-refractivity contribution in [3.05, 3.63) is 11.8 Å². The summed E-state index contributed by atoms with van der Waals surface area (Å²) in [7, 11) is -6.96. The summed E-state index contributed by atoms with van der Waals surface area (Å²) in [4.78, 5) is 0. The lowest BCUT2D eigenvalue weighted by atomic mass is 10.4. The lowest BCUT2D eigenvalue weighted by molar-refractivity contribution is 0.142. The van der Waals surface area contributed by atoms with E-state index in [0.717, 1.165) is 0 Å². The predicted molar refractivity (Wildman–Crippen MR) is 90.6 cm³/mol. The molecule has 138 valence electrons. The molecule has 0 N–H and O–H groups in total. The maximum absolute atomic E-state index is 12.7. The van der Waals surface area contributed by atoms with Crippen molar-refractivity contribution in [3.63, 3.8) is 0 Å². The molecular weight excluding hydrogens is 342 g/mol. The van der Waals surface area contributed by atoms with E-state index in [-0.39, 0.29) is 31.6 Å². The molecule has 0 aromatic rings. The number of phosphoric acid groups is 1. The molecule has 0 amide bonds. The highest BCUT2D eigenvalue weighted by Gasteiger charge is 2.29. The van der Waals surface area contributed by atoms with Gasteiger partial charge >= 0.3 is 15.4 Å². The second kappa shape index (κ2) is 10.7. The largest absolute Gasteiger partial charge is 0.529 e. The first-order valence-electron chi connectivity index (χ1n) is 7.74. The normalized spacial score (nSPS) is 13.9. The molecule has 9 heteroatoms. The van der Waals surface area contributed by atoms with Crippen LogP contribution in [0.4, 0.5) is 0 Å². The van der Waals surface area contributed by atoms with Crippen LogP contribution in [0.1, 0.15) is 48.5 Å². The van der Waals surface area contributed by atoms with Crippen molar-refractivity contribution >= 4 is 15.4 Å². The fourth-order valence-corrected chi connectivity index (χ4v) is 4.96. The van der Waals surface area contributed by atoms with Crippen LogP contribution >= 0.6 is 15.4 Å². The standard InChI is InChI=1S/C14H30O7P2/c1-8-17-23(16,18-9-2)19-10-14(7)11-22(15,20-12(3)4)21-13(5)6/h10,12-13H,8-9,11H2,1-7H3/b14-10+. The molecule has 0 aromatic carbocycles. The zero-order chi connectivity index (χ0) is 18.1. The first kappa shape index (κ1) is 22.8. The van der Waals surface area contributed by atoms with Crippen molar-refractivity contribution in [2.24, 2.45) is 0 Å². The van der Waals surface area contributed by atoms with Gasteiger partial charge < -0.3 is 13.6 Å². The zero-order valence-corrected chi connectivity index (χ0v) is 16.9. The summed E-state index contributed by atoms with van der Waals surface area (Å²) in [5.74, 6) is 0. The Morgan fingerprint density at radius 3 is 1.74 bits per heavy atom. The molecule has 0 unspecified atom stereocenters. The Bertz CT molecular complexity index is 436. The third-order valence-electron chi connectivity index (χ3n) is 2.14. The van der Waals surface area contributed by atoms with Gasteiger partial charge in [-0.3, -0.25) is 13.6 Å². The molecule has 0 heterocycles. The summed E-state index contributed by atoms with van der Waals surface area (Å²) in [6.45, 7) is 12.6. The fourth-order valence-electron chi connectivity index (χ4n) is 1.65. The molecule has 0 saturated heterocycles. The third-order valence-corrected chi connectivity index (χ3v) is 6.03. The van der Waals surface area contributed by atoms with E-state index in [4.69, 9.17) is 22.6 Å². The zero-order valence-electron chi connectivity index (χ0n) is 15.1. The highest BCUT2D eigenvalue weighted by Crippen LogP contribution is 2.53. The van der Waals surface area contributed by atoms with Gasteiger partial charge in [-0.05, 0) is 54.0 Å². The molecule has 23 heavy (non-hydrogen) atoms. The first-order chi connectivity index (χ1) is 10.6. The molecule has 7 nitrogen and oxygen atoms in total. The Morgan fingerprint density at radius 1 is 0.957 bits per heavy atom. The highest BCUT2D eigenvalue weighted by atomic mass is 31.2. The van der Waals surface area contributed by atoms with Crippen molar-refractivity contribution in [1.82, 2.24) is 0 Å². The molecule has 0 atom stereocenters. The minimum absolute atomic E-state index is 0.0294. The van der Waals surface area contributed by atoms with Gasteiger partial charge in [0.15, 0.2) is 0 Å². The third kappa shape index (κ3) is 10.3. The maximum Gasteiger partial charge on any atom is 0.529 e. The van der Waals surface area contributed by atoms with Gasteiger partial charge in [0.05, 0.1) is 37.8 Å². The molecule has 0 aliphatic rings. The van der Waals surface area contributed by atoms with Gasteiger partial charge in [-0.25, -0.2) is 4.57 Å². The van der Waals surface area contributed by atoms with Crippen LogP contribution in [-0.4, -0.2) is 31.6 Å². The second-order valence-electron chi connectivity index (χ2n) is 5.43. The monoisotopic (exact) mass is 372 g/mol. The first-order valence-corrected chi connectivity index (χ1v) is 10.9. The van der Waals surface area contributed by atoms with Crippen molar-refractivity contribution in [2.45, 2.75) is 60.7 Å². The minimum Gasteiger partial charge on any atom is -0.412 e. The van der Waals surface area contributed by atoms with Gasteiger partial charge in [0, 0.05) is 0 Å². The van der Waals surface area contributed by atoms with Crippen LogP contribution < -0.4 is 0 Å². The highest BCUT2D eigenvalue weighted by molar-refractivity contribution is 7.54. The van der Waals surface area contributed by atoms with E-state index >= 15 is 0 Å². The van der Waals surface area contributed by atoms with Crippen molar-refractivity contribution < 1.29 is 31.7 Å². The van der Waals surface area contributed by atoms with Crippen LogP contribution in [-0.2, 0) is 31.7 Å². The van der Waals surface area contributed by atoms with Crippen LogP contribution in [0, 0.1) is 0 Å². The summed E-state index contributed by atoms with van der Waals surface area (Å²) < 4.78 is 51.0. The predicted octanol–water partition coefficient (Wildman–Crippen LogP) is 5.13. The van der Waals surface area contributed by atoms with Crippen LogP contribution in [0.25, 0.3) is 0 Å². The number of phosphoric ester groups is 1. The number of allylic oxidation sites excluding steroid dienone is 1. The van der Waals surface area contributed by atoms with Crippen molar-refractivity contribution in [2.75, 3.05) is 19.4 Å². The van der Waals surface area contributed by atoms with Crippen LogP contribution in [0.2, 0.25) is 0 Å². The lowest BCUT2D eigenvalue weighted by Crippen LogP contribution is -2.11. The van der Waals surface area contributed by atoms with E-state index in [2.05, 4.69) is 0 Å². The van der Waals surface area contributed by atoms with E-state index in [1.807, 2.05) is 0 Å². The van der Waals surface area contributed by atoms with E-state index in [1.54, 1.807) is 48.5 Å². The Kier molecular flexibility index (Phi) is 10.6. The molecule has 0 spiro atoms. The van der Waals surface area contributed by atoms with Gasteiger partial charge in [-0.2, -0.15) is 0 Å². The minimum atomic E-state index is -3.64. The lowest BCUT2D eigenvalue weighted by Gasteiger charge is -2.23. The molecule has 0 aromatic heterocycles. The fraction of sp³-hybridized carbons (Fsp3) is 0.857. The SMILES string of the molecule is CCOP(=O)(O/C=C(\C)CP(=O)(OC(C)C)OC(C)C)OCC. The molecule has 0 fully saturated rings. The van der Waals surface area contributed by atoms with Gasteiger partial charge in [-0.15, -0.1) is 0 Å². The van der Waals surface area contributed by atoms with E-state index in [9.17, 15) is 9.13 Å². The topological polar surface area (TPSA) is 80.3 Å². The van der Waals surface area contributed by atoms with E-state index in [0.29, 0.717) is 5.57 Å². The van der Waals surface area contributed by atoms with Crippen LogP contribution in [0.15, 0.2) is 11.8 Å². The van der Waals surface area contributed by atoms with Crippen molar-refractivity contribution in [3.8, 4) is 0 Å². The van der Waals surface area contributed by atoms with E-state index < -0.39 is 15.4 Å². The quantitative estimate of drug-likeness (QED) is 0.347. The van der Waals surface area contributed by atoms with Crippen molar-refractivity contribution in [1.29, 1.82) is 0 Å². The van der Waals surface area contributed by atoms with Crippen LogP contribution in [0.3, 0.4) is 0 Å². The van der Waals surface area contributed by atoms with Gasteiger partial charge in [-0.1, -0.05) is 0 Å². The summed E-state index contributed by atoms with van der Waals surface area (Å²) in [6.07, 6.45) is 0.769.